The lowest BCUT2D eigenvalue weighted by Gasteiger charge is -2.14. The third kappa shape index (κ3) is 2.73. The minimum atomic E-state index is -1.57. The molecule has 140 valence electrons. The van der Waals surface area contributed by atoms with Gasteiger partial charge in [0.15, 0.2) is 17.3 Å². The number of carbonyl (C=O) groups is 1. The van der Waals surface area contributed by atoms with Crippen LogP contribution in [0.25, 0.3) is 22.5 Å². The topological polar surface area (TPSA) is 77.1 Å². The second-order valence-electron chi connectivity index (χ2n) is 5.90. The van der Waals surface area contributed by atoms with Gasteiger partial charge in [0.25, 0.3) is 0 Å². The lowest BCUT2D eigenvalue weighted by atomic mass is 10.1. The Bertz CT molecular complexity index is 1300. The van der Waals surface area contributed by atoms with Crippen LogP contribution in [-0.2, 0) is 0 Å². The second kappa shape index (κ2) is 6.38. The summed E-state index contributed by atoms with van der Waals surface area (Å²) in [6, 6.07) is 6.76. The summed E-state index contributed by atoms with van der Waals surface area (Å²) in [4.78, 5) is 28.0. The summed E-state index contributed by atoms with van der Waals surface area (Å²) in [7, 11) is 0. The van der Waals surface area contributed by atoms with E-state index >= 15 is 0 Å². The van der Waals surface area contributed by atoms with Gasteiger partial charge in [0, 0.05) is 24.7 Å². The Kier molecular flexibility index (Phi) is 3.99. The van der Waals surface area contributed by atoms with E-state index in [0.717, 1.165) is 29.0 Å². The number of hydrogen-bond donors (Lipinski definition) is 1. The number of halogens is 3. The van der Waals surface area contributed by atoms with E-state index in [2.05, 4.69) is 4.98 Å². The standard InChI is InChI=1S/C19H10F3N3O3/c20-10-3-4-15(13(21)7-10)25-9-12(19(27)28)16(26)11-8-14(22)18(23-17(11)25)24-5-1-2-6-24/h1-9H,(H,27,28). The molecule has 0 atom stereocenters. The summed E-state index contributed by atoms with van der Waals surface area (Å²) >= 11 is 0. The summed E-state index contributed by atoms with van der Waals surface area (Å²) in [5.41, 5.74) is -2.09. The smallest absolute Gasteiger partial charge is 0.341 e. The van der Waals surface area contributed by atoms with Crippen LogP contribution in [0.5, 0.6) is 0 Å². The van der Waals surface area contributed by atoms with Crippen LogP contribution in [0, 0.1) is 17.5 Å². The lowest BCUT2D eigenvalue weighted by Crippen LogP contribution is -2.20. The fourth-order valence-electron chi connectivity index (χ4n) is 2.88. The molecule has 0 saturated heterocycles. The van der Waals surface area contributed by atoms with Crippen molar-refractivity contribution in [1.29, 1.82) is 0 Å². The van der Waals surface area contributed by atoms with Gasteiger partial charge in [0.05, 0.1) is 11.1 Å². The predicted molar refractivity (Wildman–Crippen MR) is 93.5 cm³/mol. The number of pyridine rings is 2. The maximum atomic E-state index is 14.6. The van der Waals surface area contributed by atoms with E-state index in [4.69, 9.17) is 0 Å². The van der Waals surface area contributed by atoms with Gasteiger partial charge in [-0.05, 0) is 30.3 Å². The van der Waals surface area contributed by atoms with E-state index < -0.39 is 34.4 Å². The van der Waals surface area contributed by atoms with Crippen molar-refractivity contribution in [1.82, 2.24) is 14.1 Å². The molecule has 0 bridgehead atoms. The first-order valence-electron chi connectivity index (χ1n) is 7.95. The van der Waals surface area contributed by atoms with Gasteiger partial charge < -0.3 is 9.67 Å². The average molecular weight is 385 g/mol. The van der Waals surface area contributed by atoms with Crippen LogP contribution in [0.15, 0.2) is 59.8 Å². The Morgan fingerprint density at radius 3 is 2.39 bits per heavy atom. The molecule has 0 aliphatic heterocycles. The molecule has 3 heterocycles. The molecule has 9 heteroatoms. The van der Waals surface area contributed by atoms with Crippen LogP contribution in [0.3, 0.4) is 0 Å². The highest BCUT2D eigenvalue weighted by Gasteiger charge is 2.20. The average Bonchev–Trinajstić information content (AvgIpc) is 3.17. The Labute approximate surface area is 154 Å². The van der Waals surface area contributed by atoms with E-state index in [1.807, 2.05) is 0 Å². The lowest BCUT2D eigenvalue weighted by molar-refractivity contribution is 0.0695. The zero-order valence-electron chi connectivity index (χ0n) is 13.9. The fraction of sp³-hybridized carbons (Fsp3) is 0. The monoisotopic (exact) mass is 385 g/mol. The SMILES string of the molecule is O=C(O)c1cn(-c2ccc(F)cc2F)c2nc(-n3cccc3)c(F)cc2c1=O. The number of aromatic nitrogens is 3. The molecule has 0 saturated carbocycles. The summed E-state index contributed by atoms with van der Waals surface area (Å²) in [5.74, 6) is -4.45. The van der Waals surface area contributed by atoms with Crippen molar-refractivity contribution >= 4 is 17.0 Å². The number of carboxylic acids is 1. The van der Waals surface area contributed by atoms with Crippen molar-refractivity contribution in [3.63, 3.8) is 0 Å². The van der Waals surface area contributed by atoms with Crippen molar-refractivity contribution in [2.24, 2.45) is 0 Å². The molecule has 4 rings (SSSR count). The Hall–Kier alpha value is -3.88. The van der Waals surface area contributed by atoms with Crippen molar-refractivity contribution in [2.45, 2.75) is 0 Å². The molecular formula is C19H10F3N3O3. The van der Waals surface area contributed by atoms with Gasteiger partial charge in [-0.3, -0.25) is 9.36 Å². The highest BCUT2D eigenvalue weighted by atomic mass is 19.1. The van der Waals surface area contributed by atoms with Crippen LogP contribution < -0.4 is 5.43 Å². The van der Waals surface area contributed by atoms with Crippen LogP contribution in [0.1, 0.15) is 10.4 Å². The van der Waals surface area contributed by atoms with Crippen LogP contribution >= 0.6 is 0 Å². The Morgan fingerprint density at radius 1 is 1.04 bits per heavy atom. The van der Waals surface area contributed by atoms with Gasteiger partial charge in [-0.15, -0.1) is 0 Å². The largest absolute Gasteiger partial charge is 0.477 e. The summed E-state index contributed by atoms with van der Waals surface area (Å²) < 4.78 is 44.5. The first kappa shape index (κ1) is 17.5. The highest BCUT2D eigenvalue weighted by Crippen LogP contribution is 2.23. The van der Waals surface area contributed by atoms with Crippen molar-refractivity contribution < 1.29 is 23.1 Å². The molecule has 0 unspecified atom stereocenters. The first-order chi connectivity index (χ1) is 13.4. The molecule has 0 radical (unpaired) electrons. The number of hydrogen-bond acceptors (Lipinski definition) is 3. The molecule has 0 aliphatic rings. The number of fused-ring (bicyclic) bond motifs is 1. The molecule has 1 aromatic carbocycles. The molecule has 3 aromatic heterocycles. The molecule has 6 nitrogen and oxygen atoms in total. The quantitative estimate of drug-likeness (QED) is 0.587. The maximum absolute atomic E-state index is 14.6. The Morgan fingerprint density at radius 2 is 1.75 bits per heavy atom. The van der Waals surface area contributed by atoms with E-state index in [1.54, 1.807) is 12.1 Å². The fourth-order valence-corrected chi connectivity index (χ4v) is 2.88. The van der Waals surface area contributed by atoms with Gasteiger partial charge in [0.1, 0.15) is 17.2 Å². The number of aromatic carboxylic acids is 1. The Balaban J connectivity index is 2.15. The van der Waals surface area contributed by atoms with Gasteiger partial charge in [-0.25, -0.2) is 22.9 Å². The van der Waals surface area contributed by atoms with Gasteiger partial charge in [-0.1, -0.05) is 0 Å². The molecule has 1 N–H and O–H groups in total. The van der Waals surface area contributed by atoms with Crippen molar-refractivity contribution in [3.05, 3.63) is 88.2 Å². The zero-order valence-corrected chi connectivity index (χ0v) is 13.9. The molecule has 0 amide bonds. The number of rotatable bonds is 3. The number of nitrogens with zero attached hydrogens (tertiary/aromatic N) is 3. The minimum absolute atomic E-state index is 0.170. The molecule has 0 spiro atoms. The maximum Gasteiger partial charge on any atom is 0.341 e. The zero-order chi connectivity index (χ0) is 20.0. The number of carboxylic acid groups (broad SMARTS) is 1. The summed E-state index contributed by atoms with van der Waals surface area (Å²) in [6.45, 7) is 0. The molecule has 4 aromatic rings. The third-order valence-corrected chi connectivity index (χ3v) is 4.16. The van der Waals surface area contributed by atoms with Gasteiger partial charge in [-0.2, -0.15) is 0 Å². The highest BCUT2D eigenvalue weighted by molar-refractivity contribution is 5.92. The van der Waals surface area contributed by atoms with E-state index in [1.165, 1.54) is 17.0 Å². The van der Waals surface area contributed by atoms with E-state index in [-0.39, 0.29) is 22.5 Å². The second-order valence-corrected chi connectivity index (χ2v) is 5.90. The van der Waals surface area contributed by atoms with Crippen molar-refractivity contribution in [2.75, 3.05) is 0 Å². The normalized spacial score (nSPS) is 11.1. The van der Waals surface area contributed by atoms with Crippen LogP contribution in [-0.4, -0.2) is 25.2 Å². The predicted octanol–water partition coefficient (Wildman–Crippen LogP) is 3.29. The third-order valence-electron chi connectivity index (χ3n) is 4.16. The molecule has 28 heavy (non-hydrogen) atoms. The van der Waals surface area contributed by atoms with E-state index in [9.17, 15) is 27.9 Å². The number of benzene rings is 1. The van der Waals surface area contributed by atoms with Gasteiger partial charge in [0.2, 0.25) is 5.43 Å². The summed E-state index contributed by atoms with van der Waals surface area (Å²) in [6.07, 6.45) is 3.92. The molecule has 0 fully saturated rings. The van der Waals surface area contributed by atoms with Crippen LogP contribution in [0.2, 0.25) is 0 Å². The van der Waals surface area contributed by atoms with Crippen LogP contribution in [0.4, 0.5) is 13.2 Å². The van der Waals surface area contributed by atoms with Gasteiger partial charge >= 0.3 is 5.97 Å². The van der Waals surface area contributed by atoms with E-state index in [0.29, 0.717) is 6.07 Å². The molecular weight excluding hydrogens is 375 g/mol. The minimum Gasteiger partial charge on any atom is -0.477 e. The first-order valence-corrected chi connectivity index (χ1v) is 7.95. The van der Waals surface area contributed by atoms with Crippen molar-refractivity contribution in [3.8, 4) is 11.5 Å². The summed E-state index contributed by atoms with van der Waals surface area (Å²) in [5, 5.41) is 8.95. The molecule has 0 aliphatic carbocycles.